The molecule has 37 heavy (non-hydrogen) atoms. The Morgan fingerprint density at radius 2 is 1.78 bits per heavy atom. The standard InChI is InChI=1S/C29H31N5O3/c1-33(2)19-12-14-34(15-13-19)20-9-11-24-25(17-20)32-29(31-24)27(35)18-8-10-22(28(30)36)23(16-18)21-6-4-5-7-26(21)37-3/h4-11,16-17,19H,12-15H2,1-3H3,(H2,30,36)(H,31,32). The number of aromatic nitrogens is 2. The highest BCUT2D eigenvalue weighted by Crippen LogP contribution is 2.33. The van der Waals surface area contributed by atoms with Crippen molar-refractivity contribution in [2.24, 2.45) is 5.73 Å². The third-order valence-electron chi connectivity index (χ3n) is 7.18. The molecule has 190 valence electrons. The van der Waals surface area contributed by atoms with Crippen LogP contribution < -0.4 is 15.4 Å². The molecule has 1 fully saturated rings. The van der Waals surface area contributed by atoms with Crippen molar-refractivity contribution in [3.8, 4) is 16.9 Å². The second-order valence-corrected chi connectivity index (χ2v) is 9.62. The van der Waals surface area contributed by atoms with Gasteiger partial charge < -0.3 is 25.3 Å². The molecule has 2 heterocycles. The first-order valence-corrected chi connectivity index (χ1v) is 12.4. The van der Waals surface area contributed by atoms with E-state index < -0.39 is 5.91 Å². The molecular formula is C29H31N5O3. The fourth-order valence-electron chi connectivity index (χ4n) is 5.07. The molecule has 1 aliphatic heterocycles. The smallest absolute Gasteiger partial charge is 0.249 e. The van der Waals surface area contributed by atoms with Crippen LogP contribution in [-0.2, 0) is 0 Å². The average molecular weight is 498 g/mol. The number of benzene rings is 3. The van der Waals surface area contributed by atoms with Crippen LogP contribution >= 0.6 is 0 Å². The highest BCUT2D eigenvalue weighted by molar-refractivity contribution is 6.10. The summed E-state index contributed by atoms with van der Waals surface area (Å²) in [6.45, 7) is 1.98. The first-order valence-electron chi connectivity index (χ1n) is 12.4. The van der Waals surface area contributed by atoms with E-state index >= 15 is 0 Å². The highest BCUT2D eigenvalue weighted by Gasteiger charge is 2.22. The third kappa shape index (κ3) is 4.80. The van der Waals surface area contributed by atoms with Gasteiger partial charge >= 0.3 is 0 Å². The number of carbonyl (C=O) groups excluding carboxylic acids is 2. The molecule has 0 saturated carbocycles. The van der Waals surface area contributed by atoms with E-state index in [4.69, 9.17) is 10.5 Å². The first-order chi connectivity index (χ1) is 17.9. The van der Waals surface area contributed by atoms with E-state index in [0.29, 0.717) is 34.0 Å². The number of nitrogens with two attached hydrogens (primary N) is 1. The van der Waals surface area contributed by atoms with Gasteiger partial charge in [-0.25, -0.2) is 4.98 Å². The van der Waals surface area contributed by atoms with Gasteiger partial charge in [-0.2, -0.15) is 0 Å². The van der Waals surface area contributed by atoms with Crippen LogP contribution in [0.25, 0.3) is 22.2 Å². The minimum atomic E-state index is -0.578. The summed E-state index contributed by atoms with van der Waals surface area (Å²) in [7, 11) is 5.83. The molecule has 1 amide bonds. The van der Waals surface area contributed by atoms with Crippen LogP contribution in [0.2, 0.25) is 0 Å². The van der Waals surface area contributed by atoms with E-state index in [0.717, 1.165) is 42.7 Å². The van der Waals surface area contributed by atoms with Gasteiger partial charge in [-0.3, -0.25) is 9.59 Å². The number of primary amides is 1. The van der Waals surface area contributed by atoms with Gasteiger partial charge in [-0.1, -0.05) is 24.3 Å². The lowest BCUT2D eigenvalue weighted by Gasteiger charge is -2.36. The molecule has 8 heteroatoms. The van der Waals surface area contributed by atoms with Crippen molar-refractivity contribution in [1.82, 2.24) is 14.9 Å². The van der Waals surface area contributed by atoms with Gasteiger partial charge in [0.2, 0.25) is 11.7 Å². The number of fused-ring (bicyclic) bond motifs is 1. The summed E-state index contributed by atoms with van der Waals surface area (Å²) < 4.78 is 5.48. The minimum absolute atomic E-state index is 0.247. The van der Waals surface area contributed by atoms with Crippen LogP contribution in [0.5, 0.6) is 5.75 Å². The topological polar surface area (TPSA) is 105 Å². The second-order valence-electron chi connectivity index (χ2n) is 9.62. The van der Waals surface area contributed by atoms with Crippen molar-refractivity contribution in [2.75, 3.05) is 39.2 Å². The zero-order chi connectivity index (χ0) is 26.1. The Morgan fingerprint density at radius 3 is 2.49 bits per heavy atom. The molecule has 5 rings (SSSR count). The molecule has 0 spiro atoms. The molecule has 0 unspecified atom stereocenters. The fraction of sp³-hybridized carbons (Fsp3) is 0.276. The number of ether oxygens (including phenoxy) is 1. The monoisotopic (exact) mass is 497 g/mol. The number of carbonyl (C=O) groups is 2. The van der Waals surface area contributed by atoms with Gasteiger partial charge in [0.25, 0.3) is 0 Å². The number of nitrogens with one attached hydrogen (secondary N) is 1. The van der Waals surface area contributed by atoms with Crippen LogP contribution in [0.15, 0.2) is 60.7 Å². The van der Waals surface area contributed by atoms with Gasteiger partial charge in [-0.15, -0.1) is 0 Å². The third-order valence-corrected chi connectivity index (χ3v) is 7.18. The Labute approximate surface area is 216 Å². The number of ketones is 1. The highest BCUT2D eigenvalue weighted by atomic mass is 16.5. The maximum atomic E-state index is 13.5. The number of methoxy groups -OCH3 is 1. The van der Waals surface area contributed by atoms with Crippen LogP contribution in [0.1, 0.15) is 39.4 Å². The lowest BCUT2D eigenvalue weighted by molar-refractivity contribution is 0.0996. The first kappa shape index (κ1) is 24.5. The molecule has 1 aliphatic rings. The maximum absolute atomic E-state index is 13.5. The summed E-state index contributed by atoms with van der Waals surface area (Å²) in [6, 6.07) is 18.9. The Morgan fingerprint density at radius 1 is 1.03 bits per heavy atom. The molecule has 0 bridgehead atoms. The number of piperidine rings is 1. The van der Waals surface area contributed by atoms with Crippen molar-refractivity contribution >= 4 is 28.4 Å². The van der Waals surface area contributed by atoms with E-state index in [1.165, 1.54) is 0 Å². The molecule has 1 aromatic heterocycles. The zero-order valence-electron chi connectivity index (χ0n) is 21.3. The average Bonchev–Trinajstić information content (AvgIpc) is 3.35. The molecule has 1 saturated heterocycles. The van der Waals surface area contributed by atoms with Crippen LogP contribution in [0, 0.1) is 0 Å². The second kappa shape index (κ2) is 10.1. The number of amides is 1. The molecule has 3 N–H and O–H groups in total. The van der Waals surface area contributed by atoms with Gasteiger partial charge in [-0.05, 0) is 68.9 Å². The van der Waals surface area contributed by atoms with E-state index in [1.807, 2.05) is 24.3 Å². The summed E-state index contributed by atoms with van der Waals surface area (Å²) >= 11 is 0. The number of nitrogens with zero attached hydrogens (tertiary/aromatic N) is 3. The summed E-state index contributed by atoms with van der Waals surface area (Å²) in [4.78, 5) is 38.1. The fourth-order valence-corrected chi connectivity index (χ4v) is 5.07. The summed E-state index contributed by atoms with van der Waals surface area (Å²) in [5.41, 5.74) is 10.2. The van der Waals surface area contributed by atoms with Crippen molar-refractivity contribution < 1.29 is 14.3 Å². The van der Waals surface area contributed by atoms with E-state index in [1.54, 1.807) is 31.4 Å². The molecular weight excluding hydrogens is 466 g/mol. The Kier molecular flexibility index (Phi) is 6.67. The Bertz CT molecular complexity index is 1470. The van der Waals surface area contributed by atoms with Gasteiger partial charge in [0, 0.05) is 41.5 Å². The SMILES string of the molecule is COc1ccccc1-c1cc(C(=O)c2nc3ccc(N4CCC(N(C)C)CC4)cc3[nH]2)ccc1C(N)=O. The molecule has 4 aromatic rings. The lowest BCUT2D eigenvalue weighted by Crippen LogP contribution is -2.41. The number of H-pyrrole nitrogens is 1. The largest absolute Gasteiger partial charge is 0.496 e. The van der Waals surface area contributed by atoms with E-state index in [9.17, 15) is 9.59 Å². The number of imidazole rings is 1. The number of hydrogen-bond donors (Lipinski definition) is 2. The van der Waals surface area contributed by atoms with Crippen molar-refractivity contribution in [3.63, 3.8) is 0 Å². The van der Waals surface area contributed by atoms with Crippen molar-refractivity contribution in [3.05, 3.63) is 77.6 Å². The number of para-hydroxylation sites is 1. The van der Waals surface area contributed by atoms with Gasteiger partial charge in [0.05, 0.1) is 18.1 Å². The van der Waals surface area contributed by atoms with E-state index in [2.05, 4.69) is 46.0 Å². The molecule has 0 atom stereocenters. The zero-order valence-corrected chi connectivity index (χ0v) is 21.3. The van der Waals surface area contributed by atoms with Crippen LogP contribution in [-0.4, -0.2) is 66.9 Å². The Balaban J connectivity index is 1.45. The van der Waals surface area contributed by atoms with Gasteiger partial charge in [0.1, 0.15) is 5.75 Å². The summed E-state index contributed by atoms with van der Waals surface area (Å²) in [5, 5.41) is 0. The molecule has 3 aromatic carbocycles. The number of aromatic amines is 1. The predicted octanol–water partition coefficient (Wildman–Crippen LogP) is 4.10. The molecule has 8 nitrogen and oxygen atoms in total. The number of rotatable bonds is 7. The van der Waals surface area contributed by atoms with E-state index in [-0.39, 0.29) is 11.6 Å². The molecule has 0 radical (unpaired) electrons. The maximum Gasteiger partial charge on any atom is 0.249 e. The quantitative estimate of drug-likeness (QED) is 0.373. The van der Waals surface area contributed by atoms with Crippen LogP contribution in [0.3, 0.4) is 0 Å². The van der Waals surface area contributed by atoms with Crippen molar-refractivity contribution in [1.29, 1.82) is 0 Å². The lowest BCUT2D eigenvalue weighted by atomic mass is 9.94. The van der Waals surface area contributed by atoms with Crippen molar-refractivity contribution in [2.45, 2.75) is 18.9 Å². The number of hydrogen-bond acceptors (Lipinski definition) is 6. The predicted molar refractivity (Wildman–Crippen MR) is 145 cm³/mol. The molecule has 0 aliphatic carbocycles. The van der Waals surface area contributed by atoms with Crippen LogP contribution in [0.4, 0.5) is 5.69 Å². The van der Waals surface area contributed by atoms with Gasteiger partial charge in [0.15, 0.2) is 5.82 Å². The summed E-state index contributed by atoms with van der Waals surface area (Å²) in [6.07, 6.45) is 2.24. The summed E-state index contributed by atoms with van der Waals surface area (Å²) in [5.74, 6) is -0.0146. The normalized spacial score (nSPS) is 14.3. The Hall–Kier alpha value is -4.17. The number of anilines is 1. The minimum Gasteiger partial charge on any atom is -0.496 e.